The van der Waals surface area contributed by atoms with E-state index in [0.29, 0.717) is 61.4 Å². The number of nitrogens with one attached hydrogen (secondary N) is 1. The summed E-state index contributed by atoms with van der Waals surface area (Å²) in [5.74, 6) is 0.639. The van der Waals surface area contributed by atoms with Crippen LogP contribution in [-0.4, -0.2) is 91.6 Å². The lowest BCUT2D eigenvalue weighted by molar-refractivity contribution is 0.0464. The number of carbonyl (C=O) groups is 1. The van der Waals surface area contributed by atoms with E-state index >= 15 is 0 Å². The Bertz CT molecular complexity index is 1060. The first kappa shape index (κ1) is 29.4. The fourth-order valence-corrected chi connectivity index (χ4v) is 4.61. The molecular formula is C26H36Cl2FN5O3. The predicted octanol–water partition coefficient (Wildman–Crippen LogP) is 5.11. The highest BCUT2D eigenvalue weighted by Gasteiger charge is 2.37. The van der Waals surface area contributed by atoms with Gasteiger partial charge in [0.05, 0.1) is 47.5 Å². The number of halogens is 3. The molecule has 11 heteroatoms. The number of likely N-dealkylation sites (tertiary alicyclic amines) is 1. The van der Waals surface area contributed by atoms with Gasteiger partial charge < -0.3 is 24.6 Å². The van der Waals surface area contributed by atoms with Crippen LogP contribution in [0.1, 0.15) is 31.7 Å². The zero-order valence-electron chi connectivity index (χ0n) is 21.9. The van der Waals surface area contributed by atoms with Gasteiger partial charge in [0.1, 0.15) is 12.4 Å². The number of aryl methyl sites for hydroxylation is 2. The Hall–Kier alpha value is -2.20. The van der Waals surface area contributed by atoms with Crippen LogP contribution in [0.15, 0.2) is 18.2 Å². The standard InChI is InChI=1S/C26H36Cl2FN5O3/c1-5-20-24(18-9-8-17(27)14-19(18)28)30-21(6-2)25(31-20)32-22-15-34(16-23(22)36-12-7-10-29)26(35)37-13-11-33(3)4/h8-9,14,22-23H,5-7,10-13,15-16H2,1-4H3,(H,31,32). The molecule has 3 rings (SSSR count). The Morgan fingerprint density at radius 1 is 1.16 bits per heavy atom. The Kier molecular flexibility index (Phi) is 11.2. The van der Waals surface area contributed by atoms with Gasteiger partial charge in [0.2, 0.25) is 0 Å². The molecule has 2 unspecified atom stereocenters. The van der Waals surface area contributed by atoms with Gasteiger partial charge in [0, 0.05) is 30.3 Å². The van der Waals surface area contributed by atoms with Crippen molar-refractivity contribution in [2.45, 2.75) is 45.3 Å². The summed E-state index contributed by atoms with van der Waals surface area (Å²) in [6.45, 7) is 5.48. The molecule has 8 nitrogen and oxygen atoms in total. The topological polar surface area (TPSA) is 79.8 Å². The molecule has 1 aromatic heterocycles. The number of hydrogen-bond donors (Lipinski definition) is 1. The maximum Gasteiger partial charge on any atom is 0.409 e. The molecule has 1 aromatic carbocycles. The first-order valence-corrected chi connectivity index (χ1v) is 13.4. The average molecular weight is 557 g/mol. The predicted molar refractivity (Wildman–Crippen MR) is 145 cm³/mol. The molecule has 2 heterocycles. The fourth-order valence-electron chi connectivity index (χ4n) is 4.11. The minimum atomic E-state index is -0.457. The number of anilines is 1. The number of alkyl halides is 1. The van der Waals surface area contributed by atoms with Gasteiger partial charge in [0.25, 0.3) is 0 Å². The van der Waals surface area contributed by atoms with Crippen molar-refractivity contribution in [1.82, 2.24) is 19.8 Å². The number of aromatic nitrogens is 2. The second-order valence-corrected chi connectivity index (χ2v) is 10.0. The van der Waals surface area contributed by atoms with Gasteiger partial charge in [-0.15, -0.1) is 0 Å². The summed E-state index contributed by atoms with van der Waals surface area (Å²) < 4.78 is 24.1. The van der Waals surface area contributed by atoms with Gasteiger partial charge in [-0.05, 0) is 51.6 Å². The normalized spacial score (nSPS) is 17.5. The third kappa shape index (κ3) is 7.89. The summed E-state index contributed by atoms with van der Waals surface area (Å²) >= 11 is 12.6. The molecule has 1 N–H and O–H groups in total. The quantitative estimate of drug-likeness (QED) is 0.364. The van der Waals surface area contributed by atoms with Crippen molar-refractivity contribution in [3.63, 3.8) is 0 Å². The van der Waals surface area contributed by atoms with E-state index in [1.807, 2.05) is 38.9 Å². The second-order valence-electron chi connectivity index (χ2n) is 9.17. The molecule has 0 spiro atoms. The van der Waals surface area contributed by atoms with Crippen LogP contribution in [0.5, 0.6) is 0 Å². The Morgan fingerprint density at radius 3 is 2.57 bits per heavy atom. The first-order valence-electron chi connectivity index (χ1n) is 12.6. The van der Waals surface area contributed by atoms with Crippen molar-refractivity contribution >= 4 is 35.1 Å². The van der Waals surface area contributed by atoms with E-state index in [0.717, 1.165) is 22.6 Å². The van der Waals surface area contributed by atoms with Gasteiger partial charge in [-0.2, -0.15) is 0 Å². The smallest absolute Gasteiger partial charge is 0.409 e. The third-order valence-electron chi connectivity index (χ3n) is 6.12. The monoisotopic (exact) mass is 555 g/mol. The van der Waals surface area contributed by atoms with Crippen LogP contribution in [0.3, 0.4) is 0 Å². The van der Waals surface area contributed by atoms with Crippen LogP contribution in [0, 0.1) is 0 Å². The lowest BCUT2D eigenvalue weighted by atomic mass is 10.1. The van der Waals surface area contributed by atoms with Crippen LogP contribution in [-0.2, 0) is 22.3 Å². The Morgan fingerprint density at radius 2 is 1.92 bits per heavy atom. The summed E-state index contributed by atoms with van der Waals surface area (Å²) in [4.78, 5) is 26.1. The lowest BCUT2D eigenvalue weighted by Crippen LogP contribution is -2.36. The highest BCUT2D eigenvalue weighted by molar-refractivity contribution is 6.36. The van der Waals surface area contributed by atoms with Crippen LogP contribution >= 0.6 is 23.2 Å². The van der Waals surface area contributed by atoms with E-state index in [1.165, 1.54) is 0 Å². The van der Waals surface area contributed by atoms with Crippen LogP contribution in [0.2, 0.25) is 10.0 Å². The van der Waals surface area contributed by atoms with Crippen LogP contribution < -0.4 is 5.32 Å². The molecule has 0 radical (unpaired) electrons. The second kappa shape index (κ2) is 14.1. The molecule has 37 heavy (non-hydrogen) atoms. The highest BCUT2D eigenvalue weighted by atomic mass is 35.5. The molecule has 0 saturated carbocycles. The molecule has 1 saturated heterocycles. The third-order valence-corrected chi connectivity index (χ3v) is 6.66. The van der Waals surface area contributed by atoms with E-state index in [4.69, 9.17) is 42.6 Å². The van der Waals surface area contributed by atoms with Gasteiger partial charge >= 0.3 is 6.09 Å². The van der Waals surface area contributed by atoms with E-state index in [9.17, 15) is 9.18 Å². The summed E-state index contributed by atoms with van der Waals surface area (Å²) in [7, 11) is 3.84. The molecule has 1 aliphatic heterocycles. The number of likely N-dealkylation sites (N-methyl/N-ethyl adjacent to an activating group) is 1. The summed E-state index contributed by atoms with van der Waals surface area (Å²) in [6.07, 6.45) is 0.843. The SMILES string of the molecule is CCc1nc(-c2ccc(Cl)cc2Cl)c(CC)nc1NC1CN(C(=O)OCCN(C)C)CC1OCCCF. The Balaban J connectivity index is 1.84. The van der Waals surface area contributed by atoms with Crippen molar-refractivity contribution in [2.75, 3.05) is 58.9 Å². The average Bonchev–Trinajstić information content (AvgIpc) is 3.26. The van der Waals surface area contributed by atoms with Crippen molar-refractivity contribution in [3.05, 3.63) is 39.6 Å². The number of ether oxygens (including phenoxy) is 2. The summed E-state index contributed by atoms with van der Waals surface area (Å²) in [6, 6.07) is 5.08. The van der Waals surface area contributed by atoms with E-state index in [-0.39, 0.29) is 18.8 Å². The summed E-state index contributed by atoms with van der Waals surface area (Å²) in [5, 5.41) is 4.54. The largest absolute Gasteiger partial charge is 0.448 e. The number of carbonyl (C=O) groups excluding carboxylic acids is 1. The fraction of sp³-hybridized carbons (Fsp3) is 0.577. The molecule has 2 aromatic rings. The van der Waals surface area contributed by atoms with Crippen molar-refractivity contribution in [3.8, 4) is 11.3 Å². The van der Waals surface area contributed by atoms with Crippen LogP contribution in [0.25, 0.3) is 11.3 Å². The highest BCUT2D eigenvalue weighted by Crippen LogP contribution is 2.33. The molecule has 1 fully saturated rings. The van der Waals surface area contributed by atoms with Gasteiger partial charge in [0.15, 0.2) is 0 Å². The zero-order valence-corrected chi connectivity index (χ0v) is 23.4. The van der Waals surface area contributed by atoms with Gasteiger partial charge in [-0.25, -0.2) is 14.8 Å². The molecule has 0 aliphatic carbocycles. The van der Waals surface area contributed by atoms with E-state index in [1.54, 1.807) is 17.0 Å². The first-order chi connectivity index (χ1) is 17.8. The van der Waals surface area contributed by atoms with Gasteiger partial charge in [-0.1, -0.05) is 37.0 Å². The van der Waals surface area contributed by atoms with Crippen LogP contribution in [0.4, 0.5) is 15.0 Å². The molecule has 204 valence electrons. The lowest BCUT2D eigenvalue weighted by Gasteiger charge is -2.22. The molecule has 1 aliphatic rings. The van der Waals surface area contributed by atoms with E-state index < -0.39 is 12.8 Å². The van der Waals surface area contributed by atoms with E-state index in [2.05, 4.69) is 5.32 Å². The maximum atomic E-state index is 12.7. The van der Waals surface area contributed by atoms with Crippen molar-refractivity contribution in [1.29, 1.82) is 0 Å². The Labute approximate surface area is 228 Å². The molecule has 1 amide bonds. The number of amides is 1. The molecule has 2 atom stereocenters. The molecular weight excluding hydrogens is 520 g/mol. The number of benzene rings is 1. The molecule has 0 bridgehead atoms. The van der Waals surface area contributed by atoms with Crippen molar-refractivity contribution < 1.29 is 18.7 Å². The zero-order chi connectivity index (χ0) is 26.9. The van der Waals surface area contributed by atoms with Gasteiger partial charge in [-0.3, -0.25) is 4.39 Å². The minimum absolute atomic E-state index is 0.254. The number of hydrogen-bond acceptors (Lipinski definition) is 7. The number of nitrogens with zero attached hydrogens (tertiary/aromatic N) is 4. The number of rotatable bonds is 12. The minimum Gasteiger partial charge on any atom is -0.448 e. The summed E-state index contributed by atoms with van der Waals surface area (Å²) in [5.41, 5.74) is 3.06. The van der Waals surface area contributed by atoms with Crippen molar-refractivity contribution in [2.24, 2.45) is 0 Å². The maximum absolute atomic E-state index is 12.7.